The van der Waals surface area contributed by atoms with E-state index >= 15 is 0 Å². The molecule has 3 aliphatic heterocycles. The van der Waals surface area contributed by atoms with Gasteiger partial charge in [-0.3, -0.25) is 19.3 Å². The number of amidine groups is 1. The van der Waals surface area contributed by atoms with Gasteiger partial charge in [0.05, 0.1) is 12.9 Å². The molecule has 0 aromatic carbocycles. The number of guanidine groups is 1. The maximum Gasteiger partial charge on any atom is 0.323 e. The first-order valence-corrected chi connectivity index (χ1v) is 10.3. The van der Waals surface area contributed by atoms with Crippen molar-refractivity contribution in [2.45, 2.75) is 69.8 Å². The zero-order chi connectivity index (χ0) is 23.8. The molecule has 0 aromatic heterocycles. The monoisotopic (exact) mass is 454 g/mol. The van der Waals surface area contributed by atoms with Gasteiger partial charge in [0.25, 0.3) is 11.4 Å². The minimum Gasteiger partial charge on any atom is -0.453 e. The number of alkyl halides is 1. The van der Waals surface area contributed by atoms with Crippen LogP contribution in [0.15, 0.2) is 15.0 Å². The molecule has 0 spiro atoms. The maximum atomic E-state index is 14.1. The van der Waals surface area contributed by atoms with E-state index in [1.807, 2.05) is 6.92 Å². The number of aliphatic hydroxyl groups excluding tert-OH is 1. The summed E-state index contributed by atoms with van der Waals surface area (Å²) in [5.74, 6) is -3.56. The second kappa shape index (κ2) is 9.00. The van der Waals surface area contributed by atoms with Crippen LogP contribution in [0.2, 0.25) is 0 Å². The summed E-state index contributed by atoms with van der Waals surface area (Å²) in [4.78, 5) is 51.3. The summed E-state index contributed by atoms with van der Waals surface area (Å²) in [5.41, 5.74) is 9.23. The normalized spacial score (nSPS) is 32.1. The first-order chi connectivity index (χ1) is 15.1. The first-order valence-electron chi connectivity index (χ1n) is 10.3. The maximum absolute atomic E-state index is 14.1. The van der Waals surface area contributed by atoms with E-state index in [0.717, 1.165) is 6.34 Å². The fourth-order valence-corrected chi connectivity index (χ4v) is 3.66. The van der Waals surface area contributed by atoms with Crippen molar-refractivity contribution in [2.75, 3.05) is 6.61 Å². The lowest BCUT2D eigenvalue weighted by Crippen LogP contribution is -2.60. The second-order valence-electron chi connectivity index (χ2n) is 7.99. The number of nitrogens with two attached hydrogens (primary N) is 2. The van der Waals surface area contributed by atoms with E-state index in [1.54, 1.807) is 6.92 Å². The summed E-state index contributed by atoms with van der Waals surface area (Å²) in [6.45, 7) is 4.36. The number of esters is 1. The number of carbonyl (C=O) groups is 3. The number of amides is 1. The molecular weight excluding hydrogens is 427 g/mol. The number of fused-ring (bicyclic) bond motifs is 1. The van der Waals surface area contributed by atoms with E-state index < -0.39 is 66.4 Å². The van der Waals surface area contributed by atoms with Crippen LogP contribution < -0.4 is 11.5 Å². The van der Waals surface area contributed by atoms with Crippen LogP contribution in [-0.4, -0.2) is 88.6 Å². The molecule has 0 aliphatic carbocycles. The van der Waals surface area contributed by atoms with Gasteiger partial charge in [0.15, 0.2) is 11.9 Å². The van der Waals surface area contributed by atoms with Gasteiger partial charge in [0.1, 0.15) is 24.5 Å². The van der Waals surface area contributed by atoms with Crippen molar-refractivity contribution in [3.05, 3.63) is 0 Å². The predicted octanol–water partition coefficient (Wildman–Crippen LogP) is -1.36. The van der Waals surface area contributed by atoms with Crippen LogP contribution >= 0.6 is 0 Å². The van der Waals surface area contributed by atoms with Crippen molar-refractivity contribution in [3.63, 3.8) is 0 Å². The number of ether oxygens (including phenoxy) is 2. The number of halogens is 1. The molecule has 32 heavy (non-hydrogen) atoms. The Bertz CT molecular complexity index is 894. The minimum absolute atomic E-state index is 0.167. The molecule has 5 N–H and O–H groups in total. The molecule has 3 unspecified atom stereocenters. The molecule has 1 amide bonds. The van der Waals surface area contributed by atoms with Gasteiger partial charge in [-0.25, -0.2) is 9.38 Å². The summed E-state index contributed by atoms with van der Waals surface area (Å²) >= 11 is 0. The van der Waals surface area contributed by atoms with E-state index in [0.29, 0.717) is 6.42 Å². The lowest BCUT2D eigenvalue weighted by atomic mass is 9.88. The Balaban J connectivity index is 1.86. The molecular formula is C19H27FN6O6. The summed E-state index contributed by atoms with van der Waals surface area (Å²) in [7, 11) is 0. The summed E-state index contributed by atoms with van der Waals surface area (Å²) < 4.78 is 24.8. The van der Waals surface area contributed by atoms with Gasteiger partial charge in [-0.15, -0.1) is 0 Å². The Kier molecular flexibility index (Phi) is 6.72. The molecule has 3 rings (SSSR count). The minimum atomic E-state index is -2.25. The number of rotatable bonds is 8. The molecule has 7 atom stereocenters. The fourth-order valence-electron chi connectivity index (χ4n) is 3.66. The highest BCUT2D eigenvalue weighted by atomic mass is 19.1. The molecule has 1 saturated heterocycles. The standard InChI is InChI=1S/C19H27FN6O6/c1-4-8(2)13(21)15(29)31-9(3)14(28)19-16(24-18(22)25-17(19)30)26(7-23-19)12-5-10(20)11(6-27)32-12/h7-13,27H,4-6,21H2,1-3H3,(H2,22,25,30)/t8-,9?,10?,11+,12+,13-,19?/m0/s1. The van der Waals surface area contributed by atoms with E-state index in [-0.39, 0.29) is 18.2 Å². The van der Waals surface area contributed by atoms with Crippen molar-refractivity contribution in [1.82, 2.24) is 4.90 Å². The molecule has 13 heteroatoms. The zero-order valence-electron chi connectivity index (χ0n) is 18.0. The Labute approximate surface area is 183 Å². The van der Waals surface area contributed by atoms with Crippen molar-refractivity contribution in [2.24, 2.45) is 32.4 Å². The molecule has 176 valence electrons. The molecule has 0 bridgehead atoms. The number of ketones is 1. The van der Waals surface area contributed by atoms with Crippen LogP contribution in [0.25, 0.3) is 0 Å². The van der Waals surface area contributed by atoms with Gasteiger partial charge in [0, 0.05) is 6.42 Å². The van der Waals surface area contributed by atoms with Crippen LogP contribution in [0.3, 0.4) is 0 Å². The smallest absolute Gasteiger partial charge is 0.323 e. The van der Waals surface area contributed by atoms with E-state index in [2.05, 4.69) is 15.0 Å². The molecule has 0 radical (unpaired) electrons. The number of carbonyl (C=O) groups excluding carboxylic acids is 3. The lowest BCUT2D eigenvalue weighted by molar-refractivity contribution is -0.158. The molecule has 0 saturated carbocycles. The quantitative estimate of drug-likeness (QED) is 0.295. The van der Waals surface area contributed by atoms with Gasteiger partial charge >= 0.3 is 5.97 Å². The Hall–Kier alpha value is -2.77. The highest BCUT2D eigenvalue weighted by molar-refractivity contribution is 6.38. The molecule has 1 fully saturated rings. The predicted molar refractivity (Wildman–Crippen MR) is 110 cm³/mol. The average molecular weight is 454 g/mol. The van der Waals surface area contributed by atoms with Crippen molar-refractivity contribution < 1.29 is 33.4 Å². The van der Waals surface area contributed by atoms with Crippen molar-refractivity contribution in [1.29, 1.82) is 0 Å². The van der Waals surface area contributed by atoms with Gasteiger partial charge in [-0.05, 0) is 12.8 Å². The van der Waals surface area contributed by atoms with E-state index in [9.17, 15) is 23.9 Å². The largest absolute Gasteiger partial charge is 0.453 e. The van der Waals surface area contributed by atoms with Gasteiger partial charge in [-0.2, -0.15) is 9.98 Å². The first kappa shape index (κ1) is 23.9. The number of aliphatic hydroxyl groups is 1. The molecule has 12 nitrogen and oxygen atoms in total. The third kappa shape index (κ3) is 3.91. The number of nitrogens with zero attached hydrogens (tertiary/aromatic N) is 4. The van der Waals surface area contributed by atoms with Gasteiger partial charge in [-0.1, -0.05) is 20.3 Å². The summed E-state index contributed by atoms with van der Waals surface area (Å²) in [6, 6.07) is -0.955. The Morgan fingerprint density at radius 3 is 2.72 bits per heavy atom. The SMILES string of the molecule is CC[C@H](C)[C@H](N)C(=O)OC(C)C(=O)C12N=CN([C@H]3CC(F)[C@@H](CO)O3)C1=NC(N)=NC2=O. The van der Waals surface area contributed by atoms with Crippen LogP contribution in [0.1, 0.15) is 33.6 Å². The Morgan fingerprint density at radius 2 is 2.12 bits per heavy atom. The van der Waals surface area contributed by atoms with Crippen LogP contribution in [0, 0.1) is 5.92 Å². The molecule has 0 aromatic rings. The van der Waals surface area contributed by atoms with Crippen LogP contribution in [0.4, 0.5) is 4.39 Å². The molecule has 3 heterocycles. The highest BCUT2D eigenvalue weighted by Gasteiger charge is 2.60. The third-order valence-electron chi connectivity index (χ3n) is 5.89. The Morgan fingerprint density at radius 1 is 1.44 bits per heavy atom. The fraction of sp³-hybridized carbons (Fsp3) is 0.684. The van der Waals surface area contributed by atoms with Gasteiger partial charge in [0.2, 0.25) is 11.7 Å². The van der Waals surface area contributed by atoms with E-state index in [4.69, 9.17) is 20.9 Å². The highest BCUT2D eigenvalue weighted by Crippen LogP contribution is 2.34. The van der Waals surface area contributed by atoms with Crippen LogP contribution in [0.5, 0.6) is 0 Å². The van der Waals surface area contributed by atoms with Crippen molar-refractivity contribution >= 4 is 35.8 Å². The average Bonchev–Trinajstić information content (AvgIpc) is 3.32. The van der Waals surface area contributed by atoms with E-state index in [1.165, 1.54) is 11.8 Å². The number of Topliss-reactive ketones (excluding diaryl/α,β-unsaturated/α-hetero) is 1. The second-order valence-corrected chi connectivity index (χ2v) is 7.99. The third-order valence-corrected chi connectivity index (χ3v) is 5.89. The zero-order valence-corrected chi connectivity index (χ0v) is 18.0. The topological polar surface area (TPSA) is 182 Å². The van der Waals surface area contributed by atoms with Crippen LogP contribution in [-0.2, 0) is 23.9 Å². The molecule has 3 aliphatic rings. The lowest BCUT2D eigenvalue weighted by Gasteiger charge is -2.32. The summed E-state index contributed by atoms with van der Waals surface area (Å²) in [5, 5.41) is 9.26. The number of hydrogen-bond donors (Lipinski definition) is 3. The number of hydrogen-bond acceptors (Lipinski definition) is 11. The van der Waals surface area contributed by atoms with Gasteiger partial charge < -0.3 is 26.0 Å². The number of aliphatic imine (C=N–C) groups is 3. The van der Waals surface area contributed by atoms with Crippen molar-refractivity contribution in [3.8, 4) is 0 Å². The summed E-state index contributed by atoms with van der Waals surface area (Å²) in [6.07, 6.45) is -3.39.